The van der Waals surface area contributed by atoms with Crippen LogP contribution >= 0.6 is 0 Å². The fourth-order valence-corrected chi connectivity index (χ4v) is 3.00. The zero-order valence-electron chi connectivity index (χ0n) is 12.9. The molecule has 124 valence electrons. The van der Waals surface area contributed by atoms with E-state index in [2.05, 4.69) is 4.98 Å². The van der Waals surface area contributed by atoms with E-state index >= 15 is 0 Å². The summed E-state index contributed by atoms with van der Waals surface area (Å²) in [5.74, 6) is -1.14. The Kier molecular flexibility index (Phi) is 3.84. The molecule has 1 N–H and O–H groups in total. The van der Waals surface area contributed by atoms with Gasteiger partial charge in [0.1, 0.15) is 5.82 Å². The van der Waals surface area contributed by atoms with Crippen molar-refractivity contribution in [3.63, 3.8) is 0 Å². The van der Waals surface area contributed by atoms with Crippen LogP contribution in [0, 0.1) is 5.82 Å². The Morgan fingerprint density at radius 3 is 2.67 bits per heavy atom. The van der Waals surface area contributed by atoms with E-state index in [1.165, 1.54) is 12.1 Å². The first-order chi connectivity index (χ1) is 11.2. The second-order valence-electron chi connectivity index (χ2n) is 5.48. The van der Waals surface area contributed by atoms with Crippen molar-refractivity contribution in [2.75, 3.05) is 6.26 Å². The molecule has 8 heteroatoms. The first kappa shape index (κ1) is 16.1. The first-order valence-corrected chi connectivity index (χ1v) is 8.86. The van der Waals surface area contributed by atoms with Gasteiger partial charge in [-0.25, -0.2) is 17.5 Å². The number of nitrogens with zero attached hydrogens (tertiary/aromatic N) is 2. The van der Waals surface area contributed by atoms with Crippen LogP contribution in [0.2, 0.25) is 0 Å². The number of hydrogen-bond donors (Lipinski definition) is 1. The highest BCUT2D eigenvalue weighted by Gasteiger charge is 2.15. The van der Waals surface area contributed by atoms with Crippen LogP contribution in [-0.2, 0) is 17.1 Å². The van der Waals surface area contributed by atoms with Gasteiger partial charge in [0.05, 0.1) is 12.5 Å². The first-order valence-electron chi connectivity index (χ1n) is 6.97. The summed E-state index contributed by atoms with van der Waals surface area (Å²) in [6, 6.07) is 6.20. The maximum absolute atomic E-state index is 13.4. The lowest BCUT2D eigenvalue weighted by Crippen LogP contribution is -2.29. The van der Waals surface area contributed by atoms with Crippen LogP contribution in [0.25, 0.3) is 22.0 Å². The maximum Gasteiger partial charge on any atom is 0.264 e. The number of benzene rings is 1. The summed E-state index contributed by atoms with van der Waals surface area (Å²) in [6.07, 6.45) is 5.41. The molecule has 24 heavy (non-hydrogen) atoms. The Balaban J connectivity index is 2.10. The fraction of sp³-hybridized carbons (Fsp3) is 0.125. The SMILES string of the molecule is Cn1cc(-c2cncc(F)c2)c2ccc(C(=O)NS(C)(=O)=O)cc21. The Morgan fingerprint density at radius 1 is 1.25 bits per heavy atom. The van der Waals surface area contributed by atoms with Crippen molar-refractivity contribution in [2.45, 2.75) is 0 Å². The van der Waals surface area contributed by atoms with Crippen molar-refractivity contribution in [3.05, 3.63) is 54.2 Å². The van der Waals surface area contributed by atoms with Crippen LogP contribution in [-0.4, -0.2) is 30.1 Å². The zero-order chi connectivity index (χ0) is 17.5. The van der Waals surface area contributed by atoms with Crippen LogP contribution < -0.4 is 4.72 Å². The minimum Gasteiger partial charge on any atom is -0.350 e. The average molecular weight is 347 g/mol. The van der Waals surface area contributed by atoms with Crippen LogP contribution in [0.3, 0.4) is 0 Å². The standard InChI is InChI=1S/C16H14FN3O3S/c1-20-9-14(11-5-12(17)8-18-7-11)13-4-3-10(6-15(13)20)16(21)19-24(2,22)23/h3-9H,1-2H3,(H,19,21). The molecule has 0 spiro atoms. The Morgan fingerprint density at radius 2 is 2.00 bits per heavy atom. The number of sulfonamides is 1. The number of aryl methyl sites for hydroxylation is 1. The maximum atomic E-state index is 13.4. The third kappa shape index (κ3) is 3.13. The highest BCUT2D eigenvalue weighted by Crippen LogP contribution is 2.30. The molecular weight excluding hydrogens is 333 g/mol. The van der Waals surface area contributed by atoms with Crippen LogP contribution in [0.1, 0.15) is 10.4 Å². The summed E-state index contributed by atoms with van der Waals surface area (Å²) >= 11 is 0. The van der Waals surface area contributed by atoms with Gasteiger partial charge < -0.3 is 4.57 Å². The van der Waals surface area contributed by atoms with Gasteiger partial charge in [0.2, 0.25) is 10.0 Å². The molecule has 2 aromatic heterocycles. The third-order valence-electron chi connectivity index (χ3n) is 3.55. The van der Waals surface area contributed by atoms with E-state index in [4.69, 9.17) is 0 Å². The average Bonchev–Trinajstić information content (AvgIpc) is 2.82. The van der Waals surface area contributed by atoms with Gasteiger partial charge in [-0.15, -0.1) is 0 Å². The molecule has 0 atom stereocenters. The molecule has 0 saturated carbocycles. The lowest BCUT2D eigenvalue weighted by molar-refractivity contribution is 0.0982. The van der Waals surface area contributed by atoms with E-state index in [-0.39, 0.29) is 5.56 Å². The number of pyridine rings is 1. The molecule has 0 radical (unpaired) electrons. The molecule has 0 bridgehead atoms. The Hall–Kier alpha value is -2.74. The van der Waals surface area contributed by atoms with Crippen LogP contribution in [0.15, 0.2) is 42.9 Å². The second kappa shape index (κ2) is 5.72. The summed E-state index contributed by atoms with van der Waals surface area (Å²) in [5.41, 5.74) is 2.33. The minimum atomic E-state index is -3.63. The monoisotopic (exact) mass is 347 g/mol. The molecule has 6 nitrogen and oxygen atoms in total. The normalized spacial score (nSPS) is 11.6. The lowest BCUT2D eigenvalue weighted by atomic mass is 10.0. The Labute approximate surface area is 138 Å². The molecule has 3 rings (SSSR count). The molecule has 0 aliphatic rings. The molecule has 0 aliphatic carbocycles. The van der Waals surface area contributed by atoms with E-state index in [0.717, 1.165) is 28.9 Å². The number of carbonyl (C=O) groups excluding carboxylic acids is 1. The van der Waals surface area contributed by atoms with Gasteiger partial charge in [0.25, 0.3) is 5.91 Å². The van der Waals surface area contributed by atoms with E-state index < -0.39 is 21.7 Å². The van der Waals surface area contributed by atoms with Crippen molar-refractivity contribution in [3.8, 4) is 11.1 Å². The predicted octanol–water partition coefficient (Wildman–Crippen LogP) is 2.07. The van der Waals surface area contributed by atoms with Crippen molar-refractivity contribution >= 4 is 26.8 Å². The summed E-state index contributed by atoms with van der Waals surface area (Å²) in [5, 5.41) is 0.806. The van der Waals surface area contributed by atoms with Gasteiger partial charge in [0.15, 0.2) is 0 Å². The topological polar surface area (TPSA) is 81.1 Å². The minimum absolute atomic E-state index is 0.220. The second-order valence-corrected chi connectivity index (χ2v) is 7.23. The number of halogens is 1. The van der Waals surface area contributed by atoms with Gasteiger partial charge in [-0.3, -0.25) is 9.78 Å². The molecule has 0 fully saturated rings. The van der Waals surface area contributed by atoms with E-state index in [0.29, 0.717) is 5.56 Å². The van der Waals surface area contributed by atoms with Gasteiger partial charge >= 0.3 is 0 Å². The fourth-order valence-electron chi connectivity index (χ4n) is 2.54. The number of carbonyl (C=O) groups is 1. The molecular formula is C16H14FN3O3S. The molecule has 2 heterocycles. The van der Waals surface area contributed by atoms with Gasteiger partial charge in [-0.05, 0) is 18.2 Å². The van der Waals surface area contributed by atoms with E-state index in [9.17, 15) is 17.6 Å². The number of rotatable bonds is 3. The molecule has 1 aromatic carbocycles. The van der Waals surface area contributed by atoms with E-state index in [1.807, 2.05) is 4.72 Å². The van der Waals surface area contributed by atoms with Crippen molar-refractivity contribution in [2.24, 2.45) is 7.05 Å². The molecule has 0 saturated heterocycles. The molecule has 1 amide bonds. The van der Waals surface area contributed by atoms with Gasteiger partial charge in [-0.2, -0.15) is 0 Å². The third-order valence-corrected chi connectivity index (χ3v) is 4.10. The highest BCUT2D eigenvalue weighted by atomic mass is 32.2. The summed E-state index contributed by atoms with van der Waals surface area (Å²) in [6.45, 7) is 0. The number of nitrogens with one attached hydrogen (secondary N) is 1. The number of aromatic nitrogens is 2. The van der Waals surface area contributed by atoms with Gasteiger partial charge in [-0.1, -0.05) is 6.07 Å². The van der Waals surface area contributed by atoms with Crippen molar-refractivity contribution in [1.29, 1.82) is 0 Å². The Bertz CT molecular complexity index is 1060. The lowest BCUT2D eigenvalue weighted by Gasteiger charge is -2.04. The van der Waals surface area contributed by atoms with Crippen molar-refractivity contribution in [1.82, 2.24) is 14.3 Å². The highest BCUT2D eigenvalue weighted by molar-refractivity contribution is 7.89. The summed E-state index contributed by atoms with van der Waals surface area (Å²) in [7, 11) is -1.85. The smallest absolute Gasteiger partial charge is 0.264 e. The van der Waals surface area contributed by atoms with E-state index in [1.54, 1.807) is 36.1 Å². The number of hydrogen-bond acceptors (Lipinski definition) is 4. The molecule has 0 aliphatic heterocycles. The molecule has 0 unspecified atom stereocenters. The summed E-state index contributed by atoms with van der Waals surface area (Å²) < 4.78 is 39.5. The quantitative estimate of drug-likeness (QED) is 0.786. The molecule has 3 aromatic rings. The number of amides is 1. The predicted molar refractivity (Wildman–Crippen MR) is 88.4 cm³/mol. The summed E-state index contributed by atoms with van der Waals surface area (Å²) in [4.78, 5) is 15.8. The van der Waals surface area contributed by atoms with Crippen LogP contribution in [0.4, 0.5) is 4.39 Å². The van der Waals surface area contributed by atoms with Crippen molar-refractivity contribution < 1.29 is 17.6 Å². The van der Waals surface area contributed by atoms with Crippen LogP contribution in [0.5, 0.6) is 0 Å². The zero-order valence-corrected chi connectivity index (χ0v) is 13.8. The largest absolute Gasteiger partial charge is 0.350 e. The number of fused-ring (bicyclic) bond motifs is 1. The van der Waals surface area contributed by atoms with Gasteiger partial charge in [0, 0.05) is 47.0 Å².